The van der Waals surface area contributed by atoms with Crippen LogP contribution in [0.5, 0.6) is 0 Å². The van der Waals surface area contributed by atoms with E-state index in [1.165, 1.54) is 0 Å². The lowest BCUT2D eigenvalue weighted by atomic mass is 10.2. The van der Waals surface area contributed by atoms with Crippen molar-refractivity contribution in [2.45, 2.75) is 13.0 Å². The average Bonchev–Trinajstić information content (AvgIpc) is 2.94. The van der Waals surface area contributed by atoms with Gasteiger partial charge in [-0.05, 0) is 46.7 Å². The number of urea groups is 1. The molecular weight excluding hydrogens is 467 g/mol. The first-order valence-electron chi connectivity index (χ1n) is 9.45. The monoisotopic (exact) mass is 492 g/mol. The van der Waals surface area contributed by atoms with E-state index in [0.717, 1.165) is 27.8 Å². The second kappa shape index (κ2) is 10.4. The van der Waals surface area contributed by atoms with Crippen LogP contribution in [0.25, 0.3) is 0 Å². The second-order valence-corrected chi connectivity index (χ2v) is 7.95. The fourth-order valence-electron chi connectivity index (χ4n) is 3.14. The molecule has 2 aromatic rings. The Morgan fingerprint density at radius 2 is 1.68 bits per heavy atom. The fourth-order valence-corrected chi connectivity index (χ4v) is 3.67. The molecule has 1 fully saturated rings. The zero-order chi connectivity index (χ0) is 19.8. The zero-order valence-corrected chi connectivity index (χ0v) is 17.9. The van der Waals surface area contributed by atoms with E-state index in [1.807, 2.05) is 59.5 Å². The molecule has 0 radical (unpaired) electrons. The minimum Gasteiger partial charge on any atom is -0.351 e. The molecule has 148 valence electrons. The number of benzene rings is 2. The van der Waals surface area contributed by atoms with Crippen molar-refractivity contribution in [3.05, 3.63) is 63.7 Å². The largest absolute Gasteiger partial charge is 0.351 e. The van der Waals surface area contributed by atoms with Gasteiger partial charge in [0.15, 0.2) is 0 Å². The fraction of sp³-hybridized carbons (Fsp3) is 0.333. The Bertz CT molecular complexity index is 800. The highest BCUT2D eigenvalue weighted by Gasteiger charge is 2.20. The Kier molecular flexibility index (Phi) is 7.67. The summed E-state index contributed by atoms with van der Waals surface area (Å²) in [6.45, 7) is 3.71. The van der Waals surface area contributed by atoms with Crippen LogP contribution in [0.3, 0.4) is 0 Å². The van der Waals surface area contributed by atoms with Crippen LogP contribution in [0.15, 0.2) is 54.6 Å². The number of para-hydroxylation sites is 1. The summed E-state index contributed by atoms with van der Waals surface area (Å²) < 4.78 is 1.01. The van der Waals surface area contributed by atoms with Gasteiger partial charge in [-0.1, -0.05) is 42.5 Å². The summed E-state index contributed by atoms with van der Waals surface area (Å²) in [6, 6.07) is 17.5. The van der Waals surface area contributed by atoms with Crippen molar-refractivity contribution in [1.82, 2.24) is 15.1 Å². The summed E-state index contributed by atoms with van der Waals surface area (Å²) in [5.74, 6) is 0.0144. The lowest BCUT2D eigenvalue weighted by molar-refractivity contribution is -0.122. The van der Waals surface area contributed by atoms with Crippen LogP contribution < -0.4 is 10.6 Å². The first kappa shape index (κ1) is 20.6. The predicted octanol–water partition coefficient (Wildman–Crippen LogP) is 3.15. The Morgan fingerprint density at radius 3 is 2.46 bits per heavy atom. The molecule has 1 saturated heterocycles. The van der Waals surface area contributed by atoms with Gasteiger partial charge in [0.05, 0.1) is 12.2 Å². The van der Waals surface area contributed by atoms with Crippen molar-refractivity contribution in [3.63, 3.8) is 0 Å². The zero-order valence-electron chi connectivity index (χ0n) is 15.7. The number of hydrogen-bond donors (Lipinski definition) is 2. The van der Waals surface area contributed by atoms with E-state index in [0.29, 0.717) is 32.7 Å². The summed E-state index contributed by atoms with van der Waals surface area (Å²) in [7, 11) is 0. The molecule has 7 heteroatoms. The van der Waals surface area contributed by atoms with Crippen LogP contribution in [0.1, 0.15) is 12.0 Å². The van der Waals surface area contributed by atoms with Crippen LogP contribution in [0.2, 0.25) is 0 Å². The number of carbonyl (C=O) groups excluding carboxylic acids is 2. The molecule has 0 atom stereocenters. The van der Waals surface area contributed by atoms with Gasteiger partial charge < -0.3 is 15.5 Å². The number of hydrogen-bond acceptors (Lipinski definition) is 3. The van der Waals surface area contributed by atoms with Crippen LogP contribution in [-0.2, 0) is 11.3 Å². The standard InChI is InChI=1S/C21H25IN4O2/c22-18-9-4-5-10-19(18)24-21(28)26-12-6-11-25(13-14-26)16-20(27)23-15-17-7-2-1-3-8-17/h1-5,7-10H,6,11-16H2,(H,23,27)(H,24,28). The van der Waals surface area contributed by atoms with E-state index in [1.54, 1.807) is 0 Å². The molecule has 0 aliphatic carbocycles. The van der Waals surface area contributed by atoms with Crippen LogP contribution in [0.4, 0.5) is 10.5 Å². The molecule has 0 spiro atoms. The van der Waals surface area contributed by atoms with Gasteiger partial charge in [0.1, 0.15) is 0 Å². The maximum absolute atomic E-state index is 12.6. The van der Waals surface area contributed by atoms with E-state index in [2.05, 4.69) is 38.1 Å². The van der Waals surface area contributed by atoms with Gasteiger partial charge in [-0.15, -0.1) is 0 Å². The molecule has 0 saturated carbocycles. The number of rotatable bonds is 5. The van der Waals surface area contributed by atoms with Crippen molar-refractivity contribution in [3.8, 4) is 0 Å². The summed E-state index contributed by atoms with van der Waals surface area (Å²) in [5, 5.41) is 5.95. The topological polar surface area (TPSA) is 64.7 Å². The molecule has 2 aromatic carbocycles. The first-order chi connectivity index (χ1) is 13.6. The molecule has 1 heterocycles. The molecular formula is C21H25IN4O2. The van der Waals surface area contributed by atoms with E-state index in [-0.39, 0.29) is 11.9 Å². The van der Waals surface area contributed by atoms with Gasteiger partial charge in [-0.2, -0.15) is 0 Å². The molecule has 2 N–H and O–H groups in total. The molecule has 0 unspecified atom stereocenters. The molecule has 3 amide bonds. The lowest BCUT2D eigenvalue weighted by Gasteiger charge is -2.22. The van der Waals surface area contributed by atoms with Gasteiger partial charge in [0.25, 0.3) is 0 Å². The summed E-state index contributed by atoms with van der Waals surface area (Å²) in [4.78, 5) is 28.8. The summed E-state index contributed by atoms with van der Waals surface area (Å²) >= 11 is 2.21. The van der Waals surface area contributed by atoms with Gasteiger partial charge in [0, 0.05) is 36.3 Å². The number of nitrogens with zero attached hydrogens (tertiary/aromatic N) is 2. The minimum atomic E-state index is -0.0838. The molecule has 0 aromatic heterocycles. The van der Waals surface area contributed by atoms with Crippen LogP contribution in [0, 0.1) is 3.57 Å². The van der Waals surface area contributed by atoms with Gasteiger partial charge in [-0.25, -0.2) is 4.79 Å². The van der Waals surface area contributed by atoms with Crippen molar-refractivity contribution in [2.75, 3.05) is 38.0 Å². The number of carbonyl (C=O) groups is 2. The smallest absolute Gasteiger partial charge is 0.321 e. The summed E-state index contributed by atoms with van der Waals surface area (Å²) in [6.07, 6.45) is 0.852. The predicted molar refractivity (Wildman–Crippen MR) is 119 cm³/mol. The Balaban J connectivity index is 1.44. The lowest BCUT2D eigenvalue weighted by Crippen LogP contribution is -2.40. The quantitative estimate of drug-likeness (QED) is 0.631. The third-order valence-corrected chi connectivity index (χ3v) is 5.63. The van der Waals surface area contributed by atoms with Gasteiger partial charge in [0.2, 0.25) is 5.91 Å². The number of nitrogens with one attached hydrogen (secondary N) is 2. The van der Waals surface area contributed by atoms with Crippen LogP contribution in [-0.4, -0.2) is 54.5 Å². The Labute approximate surface area is 179 Å². The van der Waals surface area contributed by atoms with E-state index < -0.39 is 0 Å². The Morgan fingerprint density at radius 1 is 0.929 bits per heavy atom. The van der Waals surface area contributed by atoms with Crippen molar-refractivity contribution in [1.29, 1.82) is 0 Å². The van der Waals surface area contributed by atoms with E-state index in [4.69, 9.17) is 0 Å². The normalized spacial score (nSPS) is 15.0. The van der Waals surface area contributed by atoms with Gasteiger partial charge >= 0.3 is 6.03 Å². The maximum atomic E-state index is 12.6. The third kappa shape index (κ3) is 6.20. The maximum Gasteiger partial charge on any atom is 0.321 e. The average molecular weight is 492 g/mol. The SMILES string of the molecule is O=C(CN1CCCN(C(=O)Nc2ccccc2I)CC1)NCc1ccccc1. The molecule has 0 bridgehead atoms. The molecule has 1 aliphatic heterocycles. The molecule has 3 rings (SSSR count). The van der Waals surface area contributed by atoms with E-state index >= 15 is 0 Å². The second-order valence-electron chi connectivity index (χ2n) is 6.79. The number of halogens is 1. The van der Waals surface area contributed by atoms with Crippen molar-refractivity contribution in [2.24, 2.45) is 0 Å². The highest BCUT2D eigenvalue weighted by atomic mass is 127. The van der Waals surface area contributed by atoms with Crippen molar-refractivity contribution >= 4 is 40.2 Å². The highest BCUT2D eigenvalue weighted by molar-refractivity contribution is 14.1. The number of amides is 3. The molecule has 6 nitrogen and oxygen atoms in total. The molecule has 28 heavy (non-hydrogen) atoms. The van der Waals surface area contributed by atoms with Crippen LogP contribution >= 0.6 is 22.6 Å². The Hall–Kier alpha value is -2.13. The highest BCUT2D eigenvalue weighted by Crippen LogP contribution is 2.17. The number of anilines is 1. The first-order valence-corrected chi connectivity index (χ1v) is 10.5. The third-order valence-electron chi connectivity index (χ3n) is 4.69. The molecule has 1 aliphatic rings. The van der Waals surface area contributed by atoms with Gasteiger partial charge in [-0.3, -0.25) is 9.69 Å². The van der Waals surface area contributed by atoms with Crippen molar-refractivity contribution < 1.29 is 9.59 Å². The summed E-state index contributed by atoms with van der Waals surface area (Å²) in [5.41, 5.74) is 1.92. The minimum absolute atomic E-state index is 0.0144. The van der Waals surface area contributed by atoms with E-state index in [9.17, 15) is 9.59 Å².